The van der Waals surface area contributed by atoms with Gasteiger partial charge in [0.15, 0.2) is 11.9 Å². The molecule has 1 aromatic heterocycles. The van der Waals surface area contributed by atoms with Crippen LogP contribution in [0.15, 0.2) is 36.7 Å². The van der Waals surface area contributed by atoms with Gasteiger partial charge in [-0.3, -0.25) is 0 Å². The number of benzene rings is 1. The van der Waals surface area contributed by atoms with E-state index in [9.17, 15) is 4.79 Å². The maximum Gasteiger partial charge on any atom is 0.343 e. The highest BCUT2D eigenvalue weighted by atomic mass is 16.8. The molecule has 1 aromatic carbocycles. The summed E-state index contributed by atoms with van der Waals surface area (Å²) in [6, 6.07) is 7.58. The maximum absolute atomic E-state index is 12.2. The summed E-state index contributed by atoms with van der Waals surface area (Å²) in [6.45, 7) is 6.59. The van der Waals surface area contributed by atoms with Crippen molar-refractivity contribution in [3.05, 3.63) is 36.7 Å². The molecule has 0 saturated carbocycles. The number of rotatable bonds is 12. The molecule has 1 fully saturated rings. The Balaban J connectivity index is 1.41. The lowest BCUT2D eigenvalue weighted by molar-refractivity contribution is -0.162. The second-order valence-electron chi connectivity index (χ2n) is 8.49. The zero-order valence-electron chi connectivity index (χ0n) is 19.3. The number of nitrogens with zero attached hydrogens (tertiary/aromatic N) is 2. The summed E-state index contributed by atoms with van der Waals surface area (Å²) in [6.07, 6.45) is 11.4. The van der Waals surface area contributed by atoms with Crippen molar-refractivity contribution >= 4 is 5.97 Å². The smallest absolute Gasteiger partial charge is 0.343 e. The Hall–Kier alpha value is -2.51. The van der Waals surface area contributed by atoms with Crippen LogP contribution in [0.25, 0.3) is 11.1 Å². The predicted octanol–water partition coefficient (Wildman–Crippen LogP) is 5.33. The van der Waals surface area contributed by atoms with E-state index >= 15 is 0 Å². The first kappa shape index (κ1) is 24.1. The molecule has 7 nitrogen and oxygen atoms in total. The molecule has 1 aliphatic rings. The average Bonchev–Trinajstić information content (AvgIpc) is 3.16. The van der Waals surface area contributed by atoms with E-state index in [0.29, 0.717) is 18.4 Å². The highest BCUT2D eigenvalue weighted by Crippen LogP contribution is 2.25. The number of hydrogen-bond acceptors (Lipinski definition) is 7. The van der Waals surface area contributed by atoms with Gasteiger partial charge in [-0.1, -0.05) is 57.6 Å². The number of esters is 1. The fourth-order valence-corrected chi connectivity index (χ4v) is 3.46. The van der Waals surface area contributed by atoms with E-state index < -0.39 is 17.9 Å². The third-order valence-electron chi connectivity index (χ3n) is 5.28. The molecule has 0 aliphatic carbocycles. The van der Waals surface area contributed by atoms with Gasteiger partial charge in [0.05, 0.1) is 13.2 Å². The Bertz CT molecular complexity index is 836. The van der Waals surface area contributed by atoms with Gasteiger partial charge in [-0.15, -0.1) is 0 Å². The lowest BCUT2D eigenvalue weighted by Gasteiger charge is -2.16. The number of ether oxygens (including phenoxy) is 4. The number of unbranched alkanes of at least 4 members (excludes halogenated alkanes) is 6. The van der Waals surface area contributed by atoms with Crippen molar-refractivity contribution in [2.24, 2.45) is 0 Å². The van der Waals surface area contributed by atoms with Gasteiger partial charge in [0.2, 0.25) is 0 Å². The van der Waals surface area contributed by atoms with Crippen LogP contribution in [0.4, 0.5) is 0 Å². The van der Waals surface area contributed by atoms with Crippen molar-refractivity contribution < 1.29 is 23.7 Å². The first-order chi connectivity index (χ1) is 15.5. The van der Waals surface area contributed by atoms with Crippen LogP contribution in [0.2, 0.25) is 0 Å². The second kappa shape index (κ2) is 11.9. The van der Waals surface area contributed by atoms with Crippen LogP contribution in [0.1, 0.15) is 65.7 Å². The summed E-state index contributed by atoms with van der Waals surface area (Å²) in [5.41, 5.74) is 1.78. The summed E-state index contributed by atoms with van der Waals surface area (Å²) in [4.78, 5) is 20.8. The molecule has 2 aromatic rings. The van der Waals surface area contributed by atoms with Crippen LogP contribution in [0.3, 0.4) is 0 Å². The summed E-state index contributed by atoms with van der Waals surface area (Å²) < 4.78 is 22.0. The molecule has 1 unspecified atom stereocenters. The average molecular weight is 443 g/mol. The first-order valence-electron chi connectivity index (χ1n) is 11.6. The molecule has 1 saturated heterocycles. The van der Waals surface area contributed by atoms with Crippen molar-refractivity contribution in [2.75, 3.05) is 13.2 Å². The largest absolute Gasteiger partial charge is 0.463 e. The molecule has 7 heteroatoms. The summed E-state index contributed by atoms with van der Waals surface area (Å²) in [7, 11) is 0. The molecule has 3 rings (SSSR count). The molecular weight excluding hydrogens is 408 g/mol. The minimum absolute atomic E-state index is 0.189. The SMILES string of the molecule is CCCCCCCCCOc1ncc(-c2ccc(OC(=O)C3COC(C)(C)O3)cc2)cn1. The predicted molar refractivity (Wildman–Crippen MR) is 121 cm³/mol. The van der Waals surface area contributed by atoms with Crippen molar-refractivity contribution in [1.82, 2.24) is 9.97 Å². The molecule has 0 spiro atoms. The molecule has 1 aliphatic heterocycles. The Morgan fingerprint density at radius 2 is 1.66 bits per heavy atom. The van der Waals surface area contributed by atoms with E-state index in [4.69, 9.17) is 18.9 Å². The lowest BCUT2D eigenvalue weighted by atomic mass is 10.1. The van der Waals surface area contributed by atoms with Crippen LogP contribution in [-0.4, -0.2) is 41.0 Å². The van der Waals surface area contributed by atoms with Crippen molar-refractivity contribution in [1.29, 1.82) is 0 Å². The van der Waals surface area contributed by atoms with Gasteiger partial charge < -0.3 is 18.9 Å². The van der Waals surface area contributed by atoms with Crippen LogP contribution < -0.4 is 9.47 Å². The standard InChI is InChI=1S/C25H34N2O5/c1-4-5-6-7-8-9-10-15-29-24-26-16-20(17-27-24)19-11-13-21(14-12-19)31-23(28)22-18-30-25(2,3)32-22/h11-14,16-17,22H,4-10,15,18H2,1-3H3. The van der Waals surface area contributed by atoms with Crippen LogP contribution in [0, 0.1) is 0 Å². The second-order valence-corrected chi connectivity index (χ2v) is 8.49. The third kappa shape index (κ3) is 7.57. The highest BCUT2D eigenvalue weighted by Gasteiger charge is 2.38. The Morgan fingerprint density at radius 1 is 1.00 bits per heavy atom. The van der Waals surface area contributed by atoms with Crippen molar-refractivity contribution in [3.8, 4) is 22.9 Å². The van der Waals surface area contributed by atoms with Crippen molar-refractivity contribution in [2.45, 2.75) is 77.6 Å². The van der Waals surface area contributed by atoms with Gasteiger partial charge in [0.25, 0.3) is 0 Å². The summed E-state index contributed by atoms with van der Waals surface area (Å²) >= 11 is 0. The number of aromatic nitrogens is 2. The molecule has 32 heavy (non-hydrogen) atoms. The fraction of sp³-hybridized carbons (Fsp3) is 0.560. The van der Waals surface area contributed by atoms with Gasteiger partial charge in [-0.25, -0.2) is 14.8 Å². The lowest BCUT2D eigenvalue weighted by Crippen LogP contribution is -2.30. The van der Waals surface area contributed by atoms with E-state index in [1.165, 1.54) is 38.5 Å². The van der Waals surface area contributed by atoms with Crippen LogP contribution in [-0.2, 0) is 14.3 Å². The molecular formula is C25H34N2O5. The molecule has 2 heterocycles. The monoisotopic (exact) mass is 442 g/mol. The van der Waals surface area contributed by atoms with Crippen LogP contribution >= 0.6 is 0 Å². The normalized spacial score (nSPS) is 17.3. The van der Waals surface area contributed by atoms with Gasteiger partial charge in [0, 0.05) is 18.0 Å². The molecule has 0 bridgehead atoms. The summed E-state index contributed by atoms with van der Waals surface area (Å²) in [5.74, 6) is -0.783. The van der Waals surface area contributed by atoms with E-state index in [1.807, 2.05) is 12.1 Å². The van der Waals surface area contributed by atoms with Crippen LogP contribution in [0.5, 0.6) is 11.8 Å². The Kier molecular flexibility index (Phi) is 9.00. The van der Waals surface area contributed by atoms with Gasteiger partial charge in [0.1, 0.15) is 5.75 Å². The minimum Gasteiger partial charge on any atom is -0.463 e. The molecule has 1 atom stereocenters. The topological polar surface area (TPSA) is 79.8 Å². The summed E-state index contributed by atoms with van der Waals surface area (Å²) in [5, 5.41) is 0. The van der Waals surface area contributed by atoms with E-state index in [-0.39, 0.29) is 6.61 Å². The number of carbonyl (C=O) groups is 1. The fourth-order valence-electron chi connectivity index (χ4n) is 3.46. The zero-order chi connectivity index (χ0) is 22.8. The molecule has 0 amide bonds. The van der Waals surface area contributed by atoms with Gasteiger partial charge in [-0.05, 0) is 38.0 Å². The first-order valence-corrected chi connectivity index (χ1v) is 11.6. The number of hydrogen-bond donors (Lipinski definition) is 0. The number of carbonyl (C=O) groups excluding carboxylic acids is 1. The third-order valence-corrected chi connectivity index (χ3v) is 5.28. The van der Waals surface area contributed by atoms with E-state index in [1.54, 1.807) is 38.4 Å². The van der Waals surface area contributed by atoms with E-state index in [2.05, 4.69) is 16.9 Å². The molecule has 174 valence electrons. The van der Waals surface area contributed by atoms with Crippen molar-refractivity contribution in [3.63, 3.8) is 0 Å². The quantitative estimate of drug-likeness (QED) is 0.250. The molecule has 0 N–H and O–H groups in total. The van der Waals surface area contributed by atoms with Gasteiger partial charge in [-0.2, -0.15) is 0 Å². The Morgan fingerprint density at radius 3 is 2.28 bits per heavy atom. The van der Waals surface area contributed by atoms with E-state index in [0.717, 1.165) is 17.5 Å². The highest BCUT2D eigenvalue weighted by molar-refractivity contribution is 5.78. The van der Waals surface area contributed by atoms with Gasteiger partial charge >= 0.3 is 12.0 Å². The molecule has 0 radical (unpaired) electrons. The Labute approximate surface area is 190 Å². The maximum atomic E-state index is 12.2. The minimum atomic E-state index is -0.766. The zero-order valence-corrected chi connectivity index (χ0v) is 19.3.